The number of ether oxygens (including phenoxy) is 2. The van der Waals surface area contributed by atoms with Gasteiger partial charge in [-0.15, -0.1) is 0 Å². The molecule has 0 amide bonds. The first-order valence-corrected chi connectivity index (χ1v) is 6.97. The number of rotatable bonds is 8. The minimum atomic E-state index is 0.575. The molecule has 2 N–H and O–H groups in total. The van der Waals surface area contributed by atoms with E-state index in [0.717, 1.165) is 29.5 Å². The molecular formula is C13H21NO2S. The summed E-state index contributed by atoms with van der Waals surface area (Å²) in [6.45, 7) is 3.61. The molecule has 0 aliphatic rings. The van der Waals surface area contributed by atoms with Gasteiger partial charge in [-0.3, -0.25) is 0 Å². The SMILES string of the molecule is COc1ccccc1OCCSCC(C)CN. The molecule has 0 heterocycles. The van der Waals surface area contributed by atoms with E-state index in [2.05, 4.69) is 6.92 Å². The Morgan fingerprint density at radius 1 is 1.29 bits per heavy atom. The average molecular weight is 255 g/mol. The van der Waals surface area contributed by atoms with Crippen molar-refractivity contribution in [1.82, 2.24) is 0 Å². The van der Waals surface area contributed by atoms with Gasteiger partial charge in [0, 0.05) is 5.75 Å². The molecule has 1 rings (SSSR count). The maximum absolute atomic E-state index is 5.67. The minimum Gasteiger partial charge on any atom is -0.493 e. The van der Waals surface area contributed by atoms with Gasteiger partial charge in [0.2, 0.25) is 0 Å². The Balaban J connectivity index is 2.22. The molecule has 1 aromatic rings. The van der Waals surface area contributed by atoms with Gasteiger partial charge in [-0.05, 0) is 30.3 Å². The summed E-state index contributed by atoms with van der Waals surface area (Å²) in [6, 6.07) is 7.70. The second-order valence-electron chi connectivity index (χ2n) is 3.92. The number of hydrogen-bond acceptors (Lipinski definition) is 4. The van der Waals surface area contributed by atoms with Crippen molar-refractivity contribution >= 4 is 11.8 Å². The lowest BCUT2D eigenvalue weighted by Crippen LogP contribution is -2.13. The minimum absolute atomic E-state index is 0.575. The number of methoxy groups -OCH3 is 1. The largest absolute Gasteiger partial charge is 0.493 e. The fraction of sp³-hybridized carbons (Fsp3) is 0.538. The first kappa shape index (κ1) is 14.2. The van der Waals surface area contributed by atoms with Crippen LogP contribution in [-0.4, -0.2) is 31.8 Å². The Labute approximate surface area is 108 Å². The van der Waals surface area contributed by atoms with Gasteiger partial charge in [0.15, 0.2) is 11.5 Å². The summed E-state index contributed by atoms with van der Waals surface area (Å²) < 4.78 is 10.9. The molecule has 0 fully saturated rings. The van der Waals surface area contributed by atoms with E-state index in [0.29, 0.717) is 12.5 Å². The third-order valence-electron chi connectivity index (χ3n) is 2.36. The van der Waals surface area contributed by atoms with E-state index in [1.165, 1.54) is 0 Å². The molecule has 0 aliphatic carbocycles. The van der Waals surface area contributed by atoms with Crippen LogP contribution in [0, 0.1) is 5.92 Å². The molecule has 17 heavy (non-hydrogen) atoms. The predicted molar refractivity (Wildman–Crippen MR) is 74.0 cm³/mol. The Bertz CT molecular complexity index is 320. The van der Waals surface area contributed by atoms with Crippen LogP contribution in [0.15, 0.2) is 24.3 Å². The molecule has 0 bridgehead atoms. The number of thioether (sulfide) groups is 1. The van der Waals surface area contributed by atoms with E-state index < -0.39 is 0 Å². The van der Waals surface area contributed by atoms with Crippen LogP contribution in [0.4, 0.5) is 0 Å². The van der Waals surface area contributed by atoms with Crippen LogP contribution in [0.5, 0.6) is 11.5 Å². The van der Waals surface area contributed by atoms with E-state index in [1.54, 1.807) is 7.11 Å². The highest BCUT2D eigenvalue weighted by molar-refractivity contribution is 7.99. The first-order valence-electron chi connectivity index (χ1n) is 5.81. The van der Waals surface area contributed by atoms with Crippen molar-refractivity contribution in [2.75, 3.05) is 31.8 Å². The monoisotopic (exact) mass is 255 g/mol. The highest BCUT2D eigenvalue weighted by Crippen LogP contribution is 2.25. The third-order valence-corrected chi connectivity index (χ3v) is 3.62. The average Bonchev–Trinajstić information content (AvgIpc) is 2.38. The number of para-hydroxylation sites is 2. The molecule has 0 aliphatic heterocycles. The van der Waals surface area contributed by atoms with Crippen molar-refractivity contribution < 1.29 is 9.47 Å². The fourth-order valence-electron chi connectivity index (χ4n) is 1.30. The molecule has 0 aromatic heterocycles. The molecule has 1 aromatic carbocycles. The molecule has 0 radical (unpaired) electrons. The zero-order valence-electron chi connectivity index (χ0n) is 10.5. The van der Waals surface area contributed by atoms with Crippen molar-refractivity contribution in [3.8, 4) is 11.5 Å². The van der Waals surface area contributed by atoms with Crippen molar-refractivity contribution in [2.24, 2.45) is 11.7 Å². The Kier molecular flexibility index (Phi) is 6.89. The van der Waals surface area contributed by atoms with Gasteiger partial charge < -0.3 is 15.2 Å². The van der Waals surface area contributed by atoms with Crippen LogP contribution in [0.3, 0.4) is 0 Å². The Hall–Kier alpha value is -0.870. The Morgan fingerprint density at radius 3 is 2.65 bits per heavy atom. The van der Waals surface area contributed by atoms with E-state index >= 15 is 0 Å². The smallest absolute Gasteiger partial charge is 0.161 e. The van der Waals surface area contributed by atoms with Crippen LogP contribution in [0.1, 0.15) is 6.92 Å². The summed E-state index contributed by atoms with van der Waals surface area (Å²) in [4.78, 5) is 0. The zero-order chi connectivity index (χ0) is 12.5. The van der Waals surface area contributed by atoms with Crippen LogP contribution in [0.2, 0.25) is 0 Å². The summed E-state index contributed by atoms with van der Waals surface area (Å²) >= 11 is 1.87. The van der Waals surface area contributed by atoms with Gasteiger partial charge in [0.05, 0.1) is 13.7 Å². The van der Waals surface area contributed by atoms with Crippen LogP contribution in [-0.2, 0) is 0 Å². The van der Waals surface area contributed by atoms with E-state index in [9.17, 15) is 0 Å². The Morgan fingerprint density at radius 2 is 2.00 bits per heavy atom. The predicted octanol–water partition coefficient (Wildman–Crippen LogP) is 2.40. The van der Waals surface area contributed by atoms with Crippen molar-refractivity contribution in [3.05, 3.63) is 24.3 Å². The van der Waals surface area contributed by atoms with E-state index in [4.69, 9.17) is 15.2 Å². The molecule has 0 saturated heterocycles. The zero-order valence-corrected chi connectivity index (χ0v) is 11.3. The molecule has 3 nitrogen and oxygen atoms in total. The number of benzene rings is 1. The topological polar surface area (TPSA) is 44.5 Å². The normalized spacial score (nSPS) is 12.2. The summed E-state index contributed by atoms with van der Waals surface area (Å²) in [7, 11) is 1.65. The standard InChI is InChI=1S/C13H21NO2S/c1-11(9-14)10-17-8-7-16-13-6-4-3-5-12(13)15-2/h3-6,11H,7-10,14H2,1-2H3. The molecule has 0 spiro atoms. The lowest BCUT2D eigenvalue weighted by atomic mass is 10.2. The van der Waals surface area contributed by atoms with E-state index in [1.807, 2.05) is 36.0 Å². The molecule has 96 valence electrons. The van der Waals surface area contributed by atoms with Crippen LogP contribution >= 0.6 is 11.8 Å². The van der Waals surface area contributed by atoms with Gasteiger partial charge in [-0.25, -0.2) is 0 Å². The first-order chi connectivity index (χ1) is 8.27. The second-order valence-corrected chi connectivity index (χ2v) is 5.06. The van der Waals surface area contributed by atoms with Crippen LogP contribution in [0.25, 0.3) is 0 Å². The van der Waals surface area contributed by atoms with Gasteiger partial charge in [-0.2, -0.15) is 11.8 Å². The number of nitrogens with two attached hydrogens (primary N) is 1. The molecular weight excluding hydrogens is 234 g/mol. The lowest BCUT2D eigenvalue weighted by molar-refractivity contribution is 0.313. The van der Waals surface area contributed by atoms with E-state index in [-0.39, 0.29) is 0 Å². The quantitative estimate of drug-likeness (QED) is 0.725. The van der Waals surface area contributed by atoms with Gasteiger partial charge in [0.1, 0.15) is 0 Å². The summed E-state index contributed by atoms with van der Waals surface area (Å²) in [5.74, 6) is 4.23. The van der Waals surface area contributed by atoms with Crippen LogP contribution < -0.4 is 15.2 Å². The summed E-state index contributed by atoms with van der Waals surface area (Å²) in [6.07, 6.45) is 0. The third kappa shape index (κ3) is 5.33. The highest BCUT2D eigenvalue weighted by Gasteiger charge is 2.02. The maximum atomic E-state index is 5.67. The van der Waals surface area contributed by atoms with Crippen molar-refractivity contribution in [2.45, 2.75) is 6.92 Å². The van der Waals surface area contributed by atoms with Gasteiger partial charge in [-0.1, -0.05) is 19.1 Å². The highest BCUT2D eigenvalue weighted by atomic mass is 32.2. The van der Waals surface area contributed by atoms with Crippen molar-refractivity contribution in [1.29, 1.82) is 0 Å². The maximum Gasteiger partial charge on any atom is 0.161 e. The number of hydrogen-bond donors (Lipinski definition) is 1. The molecule has 0 saturated carbocycles. The fourth-order valence-corrected chi connectivity index (χ4v) is 2.21. The van der Waals surface area contributed by atoms with Crippen molar-refractivity contribution in [3.63, 3.8) is 0 Å². The molecule has 1 unspecified atom stereocenters. The second kappa shape index (κ2) is 8.25. The summed E-state index contributed by atoms with van der Waals surface area (Å²) in [5, 5.41) is 0. The molecule has 1 atom stereocenters. The van der Waals surface area contributed by atoms with Gasteiger partial charge >= 0.3 is 0 Å². The van der Waals surface area contributed by atoms with Gasteiger partial charge in [0.25, 0.3) is 0 Å². The molecule has 4 heteroatoms. The lowest BCUT2D eigenvalue weighted by Gasteiger charge is -2.11. The summed E-state index contributed by atoms with van der Waals surface area (Å²) in [5.41, 5.74) is 5.55.